The summed E-state index contributed by atoms with van der Waals surface area (Å²) in [6.45, 7) is 3.79. The van der Waals surface area contributed by atoms with Crippen LogP contribution >= 0.6 is 0 Å². The maximum absolute atomic E-state index is 12.3. The molecule has 0 spiro atoms. The fraction of sp³-hybridized carbons (Fsp3) is 0.316. The SMILES string of the molecule is COc1ccc(OC)c(NC(=O)CS(=O)(=O)Nc2ccc(OC(C)C)cc2)c1. The lowest BCUT2D eigenvalue weighted by molar-refractivity contribution is -0.113. The normalized spacial score (nSPS) is 11.0. The maximum Gasteiger partial charge on any atom is 0.241 e. The standard InChI is InChI=1S/C19H24N2O6S/c1-13(2)27-15-7-5-14(6-8-15)21-28(23,24)12-19(22)20-17-11-16(25-3)9-10-18(17)26-4/h5-11,13,21H,12H2,1-4H3,(H,20,22). The Morgan fingerprint density at radius 1 is 1.00 bits per heavy atom. The number of hydrogen-bond donors (Lipinski definition) is 2. The minimum atomic E-state index is -3.90. The van der Waals surface area contributed by atoms with Gasteiger partial charge in [-0.2, -0.15) is 0 Å². The van der Waals surface area contributed by atoms with Crippen molar-refractivity contribution < 1.29 is 27.4 Å². The molecule has 1 amide bonds. The predicted molar refractivity (Wildman–Crippen MR) is 108 cm³/mol. The molecule has 0 aliphatic rings. The van der Waals surface area contributed by atoms with Gasteiger partial charge in [0.15, 0.2) is 0 Å². The van der Waals surface area contributed by atoms with Gasteiger partial charge in [0.05, 0.1) is 26.0 Å². The predicted octanol–water partition coefficient (Wildman–Crippen LogP) is 2.87. The largest absolute Gasteiger partial charge is 0.497 e. The van der Waals surface area contributed by atoms with Gasteiger partial charge in [-0.05, 0) is 50.2 Å². The Hall–Kier alpha value is -2.94. The van der Waals surface area contributed by atoms with Crippen LogP contribution < -0.4 is 24.2 Å². The third-order valence-corrected chi connectivity index (χ3v) is 4.69. The molecule has 0 aliphatic carbocycles. The van der Waals surface area contributed by atoms with Crippen LogP contribution in [0.1, 0.15) is 13.8 Å². The Morgan fingerprint density at radius 3 is 2.21 bits per heavy atom. The van der Waals surface area contributed by atoms with E-state index in [-0.39, 0.29) is 6.10 Å². The zero-order chi connectivity index (χ0) is 20.7. The maximum atomic E-state index is 12.3. The zero-order valence-corrected chi connectivity index (χ0v) is 17.0. The number of methoxy groups -OCH3 is 2. The molecular weight excluding hydrogens is 384 g/mol. The molecular formula is C19H24N2O6S. The van der Waals surface area contributed by atoms with Gasteiger partial charge in [0.2, 0.25) is 15.9 Å². The van der Waals surface area contributed by atoms with E-state index in [1.54, 1.807) is 42.5 Å². The van der Waals surface area contributed by atoms with Crippen molar-refractivity contribution in [3.8, 4) is 17.2 Å². The van der Waals surface area contributed by atoms with Gasteiger partial charge in [-0.3, -0.25) is 9.52 Å². The van der Waals surface area contributed by atoms with Crippen LogP contribution in [0.3, 0.4) is 0 Å². The van der Waals surface area contributed by atoms with Crippen LogP contribution in [0.25, 0.3) is 0 Å². The highest BCUT2D eigenvalue weighted by atomic mass is 32.2. The summed E-state index contributed by atoms with van der Waals surface area (Å²) in [5.41, 5.74) is 0.653. The van der Waals surface area contributed by atoms with E-state index >= 15 is 0 Å². The third-order valence-electron chi connectivity index (χ3n) is 3.50. The van der Waals surface area contributed by atoms with Gasteiger partial charge in [0, 0.05) is 11.8 Å². The number of anilines is 2. The lowest BCUT2D eigenvalue weighted by Gasteiger charge is -2.13. The molecule has 0 heterocycles. The minimum absolute atomic E-state index is 0.0137. The molecule has 0 unspecified atom stereocenters. The summed E-state index contributed by atoms with van der Waals surface area (Å²) >= 11 is 0. The van der Waals surface area contributed by atoms with Crippen LogP contribution in [0.15, 0.2) is 42.5 Å². The number of rotatable bonds is 9. The number of hydrogen-bond acceptors (Lipinski definition) is 6. The second-order valence-corrected chi connectivity index (χ2v) is 7.89. The second-order valence-electron chi connectivity index (χ2n) is 6.17. The Balaban J connectivity index is 2.02. The minimum Gasteiger partial charge on any atom is -0.497 e. The van der Waals surface area contributed by atoms with E-state index in [0.29, 0.717) is 28.6 Å². The molecule has 8 nitrogen and oxygen atoms in total. The fourth-order valence-corrected chi connectivity index (χ4v) is 3.34. The number of benzene rings is 2. The van der Waals surface area contributed by atoms with E-state index < -0.39 is 21.7 Å². The number of amides is 1. The first-order valence-corrected chi connectivity index (χ1v) is 10.2. The summed E-state index contributed by atoms with van der Waals surface area (Å²) in [7, 11) is -0.968. The Morgan fingerprint density at radius 2 is 1.64 bits per heavy atom. The molecule has 28 heavy (non-hydrogen) atoms. The van der Waals surface area contributed by atoms with Crippen molar-refractivity contribution in [1.29, 1.82) is 0 Å². The highest BCUT2D eigenvalue weighted by molar-refractivity contribution is 7.93. The lowest BCUT2D eigenvalue weighted by atomic mass is 10.2. The Bertz CT molecular complexity index is 911. The van der Waals surface area contributed by atoms with Crippen molar-refractivity contribution in [2.75, 3.05) is 30.0 Å². The summed E-state index contributed by atoms with van der Waals surface area (Å²) in [5.74, 6) is 0.0538. The van der Waals surface area contributed by atoms with E-state index in [9.17, 15) is 13.2 Å². The van der Waals surface area contributed by atoms with E-state index in [1.165, 1.54) is 14.2 Å². The van der Waals surface area contributed by atoms with Gasteiger partial charge in [0.1, 0.15) is 23.0 Å². The zero-order valence-electron chi connectivity index (χ0n) is 16.2. The van der Waals surface area contributed by atoms with Crippen LogP contribution in [-0.4, -0.2) is 40.4 Å². The van der Waals surface area contributed by atoms with Crippen molar-refractivity contribution in [3.05, 3.63) is 42.5 Å². The average molecular weight is 408 g/mol. The number of ether oxygens (including phenoxy) is 3. The van der Waals surface area contributed by atoms with Crippen LogP contribution in [0.5, 0.6) is 17.2 Å². The van der Waals surface area contributed by atoms with E-state index in [1.807, 2.05) is 13.8 Å². The molecule has 0 saturated heterocycles. The fourth-order valence-electron chi connectivity index (χ4n) is 2.36. The lowest BCUT2D eigenvalue weighted by Crippen LogP contribution is -2.27. The number of carbonyl (C=O) groups is 1. The molecule has 0 fully saturated rings. The summed E-state index contributed by atoms with van der Waals surface area (Å²) in [6.07, 6.45) is 0.0137. The second kappa shape index (κ2) is 9.32. The Labute approximate surface area is 164 Å². The first-order valence-electron chi connectivity index (χ1n) is 8.51. The van der Waals surface area contributed by atoms with Gasteiger partial charge < -0.3 is 19.5 Å². The number of sulfonamides is 1. The summed E-state index contributed by atoms with van der Waals surface area (Å²) < 4.78 is 42.7. The van der Waals surface area contributed by atoms with Gasteiger partial charge in [-0.15, -0.1) is 0 Å². The third kappa shape index (κ3) is 6.34. The summed E-state index contributed by atoms with van der Waals surface area (Å²) in [5, 5.41) is 2.53. The van der Waals surface area contributed by atoms with Crippen molar-refractivity contribution in [1.82, 2.24) is 0 Å². The highest BCUT2D eigenvalue weighted by Gasteiger charge is 2.18. The molecule has 0 aromatic heterocycles. The van der Waals surface area contributed by atoms with Crippen molar-refractivity contribution in [3.63, 3.8) is 0 Å². The molecule has 2 aromatic rings. The number of carbonyl (C=O) groups excluding carboxylic acids is 1. The first-order chi connectivity index (χ1) is 13.2. The average Bonchev–Trinajstić information content (AvgIpc) is 2.62. The molecule has 0 saturated carbocycles. The molecule has 2 rings (SSSR count). The molecule has 9 heteroatoms. The highest BCUT2D eigenvalue weighted by Crippen LogP contribution is 2.28. The van der Waals surface area contributed by atoms with Gasteiger partial charge >= 0.3 is 0 Å². The smallest absolute Gasteiger partial charge is 0.241 e. The van der Waals surface area contributed by atoms with E-state index in [2.05, 4.69) is 10.0 Å². The van der Waals surface area contributed by atoms with E-state index in [4.69, 9.17) is 14.2 Å². The van der Waals surface area contributed by atoms with Crippen LogP contribution in [0.2, 0.25) is 0 Å². The van der Waals surface area contributed by atoms with Gasteiger partial charge in [0.25, 0.3) is 0 Å². The van der Waals surface area contributed by atoms with Gasteiger partial charge in [-0.25, -0.2) is 8.42 Å². The quantitative estimate of drug-likeness (QED) is 0.661. The molecule has 2 aromatic carbocycles. The summed E-state index contributed by atoms with van der Waals surface area (Å²) in [4.78, 5) is 12.2. The summed E-state index contributed by atoms with van der Waals surface area (Å²) in [6, 6.07) is 11.3. The van der Waals surface area contributed by atoms with Gasteiger partial charge in [-0.1, -0.05) is 0 Å². The van der Waals surface area contributed by atoms with Crippen LogP contribution in [-0.2, 0) is 14.8 Å². The Kier molecular flexibility index (Phi) is 7.11. The van der Waals surface area contributed by atoms with Crippen molar-refractivity contribution in [2.45, 2.75) is 20.0 Å². The molecule has 0 atom stereocenters. The number of nitrogens with one attached hydrogen (secondary N) is 2. The molecule has 0 radical (unpaired) electrons. The molecule has 2 N–H and O–H groups in total. The van der Waals surface area contributed by atoms with Crippen molar-refractivity contribution >= 4 is 27.3 Å². The molecule has 0 aliphatic heterocycles. The van der Waals surface area contributed by atoms with E-state index in [0.717, 1.165) is 0 Å². The van der Waals surface area contributed by atoms with Crippen LogP contribution in [0, 0.1) is 0 Å². The first kappa shape index (κ1) is 21.4. The topological polar surface area (TPSA) is 103 Å². The monoisotopic (exact) mass is 408 g/mol. The molecule has 152 valence electrons. The van der Waals surface area contributed by atoms with Crippen molar-refractivity contribution in [2.24, 2.45) is 0 Å². The molecule has 0 bridgehead atoms. The van der Waals surface area contributed by atoms with Crippen LogP contribution in [0.4, 0.5) is 11.4 Å².